The number of carbonyl (C=O) groups excluding carboxylic acids is 1. The number of ether oxygens (including phenoxy) is 1. The first-order chi connectivity index (χ1) is 13.4. The number of aromatic nitrogens is 2. The third-order valence-electron chi connectivity index (χ3n) is 3.87. The van der Waals surface area contributed by atoms with Crippen molar-refractivity contribution in [2.75, 3.05) is 13.7 Å². The Morgan fingerprint density at radius 1 is 1.18 bits per heavy atom. The molecule has 0 aliphatic rings. The average molecular weight is 391 g/mol. The lowest BCUT2D eigenvalue weighted by molar-refractivity contribution is -0.141. The molecule has 0 aliphatic carbocycles. The van der Waals surface area contributed by atoms with Gasteiger partial charge in [0.15, 0.2) is 0 Å². The molecule has 0 aliphatic heterocycles. The van der Waals surface area contributed by atoms with E-state index in [2.05, 4.69) is 15.3 Å². The van der Waals surface area contributed by atoms with E-state index in [4.69, 9.17) is 9.15 Å². The molecule has 28 heavy (non-hydrogen) atoms. The van der Waals surface area contributed by atoms with Crippen molar-refractivity contribution in [2.45, 2.75) is 12.6 Å². The van der Waals surface area contributed by atoms with Gasteiger partial charge in [-0.15, -0.1) is 0 Å². The summed E-state index contributed by atoms with van der Waals surface area (Å²) in [4.78, 5) is 19.6. The highest BCUT2D eigenvalue weighted by Crippen LogP contribution is 2.27. The predicted molar refractivity (Wildman–Crippen MR) is 93.8 cm³/mol. The molecule has 0 saturated heterocycles. The molecular weight excluding hydrogens is 375 g/mol. The first kappa shape index (κ1) is 19.4. The van der Waals surface area contributed by atoms with Crippen molar-refractivity contribution in [2.24, 2.45) is 0 Å². The van der Waals surface area contributed by atoms with Crippen LogP contribution in [-0.4, -0.2) is 29.5 Å². The summed E-state index contributed by atoms with van der Waals surface area (Å²) in [6.07, 6.45) is -1.75. The Kier molecular flexibility index (Phi) is 5.62. The fourth-order valence-electron chi connectivity index (χ4n) is 2.39. The third-order valence-corrected chi connectivity index (χ3v) is 3.87. The number of pyridine rings is 1. The maximum absolute atomic E-state index is 12.5. The fourth-order valence-corrected chi connectivity index (χ4v) is 2.39. The molecule has 2 aromatic heterocycles. The monoisotopic (exact) mass is 391 g/mol. The molecule has 3 aromatic rings. The summed E-state index contributed by atoms with van der Waals surface area (Å²) < 4.78 is 48.0. The number of alkyl halides is 3. The van der Waals surface area contributed by atoms with Crippen LogP contribution in [0.25, 0.3) is 11.5 Å². The molecular formula is C19H16F3N3O3. The quantitative estimate of drug-likeness (QED) is 0.693. The van der Waals surface area contributed by atoms with Crippen LogP contribution in [0, 0.1) is 0 Å². The number of oxazole rings is 1. The Morgan fingerprint density at radius 2 is 1.93 bits per heavy atom. The second kappa shape index (κ2) is 8.12. The minimum Gasteiger partial charge on any atom is -0.497 e. The first-order valence-corrected chi connectivity index (χ1v) is 8.27. The lowest BCUT2D eigenvalue weighted by Gasteiger charge is -2.07. The van der Waals surface area contributed by atoms with Gasteiger partial charge in [-0.25, -0.2) is 4.98 Å². The number of nitrogens with one attached hydrogen (secondary N) is 1. The average Bonchev–Trinajstić information content (AvgIpc) is 3.16. The number of amides is 1. The van der Waals surface area contributed by atoms with Gasteiger partial charge in [-0.3, -0.25) is 9.78 Å². The first-order valence-electron chi connectivity index (χ1n) is 8.27. The van der Waals surface area contributed by atoms with Gasteiger partial charge in [0, 0.05) is 24.7 Å². The number of methoxy groups -OCH3 is 1. The van der Waals surface area contributed by atoms with Gasteiger partial charge in [0.25, 0.3) is 5.91 Å². The summed E-state index contributed by atoms with van der Waals surface area (Å²) in [5.41, 5.74) is 0.424. The van der Waals surface area contributed by atoms with Crippen molar-refractivity contribution >= 4 is 5.91 Å². The van der Waals surface area contributed by atoms with Crippen molar-refractivity contribution in [1.29, 1.82) is 0 Å². The topological polar surface area (TPSA) is 77.2 Å². The molecule has 0 bridgehead atoms. The number of hydrogen-bond acceptors (Lipinski definition) is 5. The zero-order chi connectivity index (χ0) is 20.1. The molecule has 0 saturated carbocycles. The van der Waals surface area contributed by atoms with Crippen LogP contribution in [0.2, 0.25) is 0 Å². The molecule has 0 spiro atoms. The number of halogens is 3. The zero-order valence-electron chi connectivity index (χ0n) is 14.8. The maximum atomic E-state index is 12.5. The Balaban J connectivity index is 1.53. The van der Waals surface area contributed by atoms with Crippen molar-refractivity contribution in [3.05, 3.63) is 65.8 Å². The summed E-state index contributed by atoms with van der Waals surface area (Å²) in [7, 11) is 1.58. The highest BCUT2D eigenvalue weighted by Gasteiger charge is 2.32. The highest BCUT2D eigenvalue weighted by molar-refractivity contribution is 5.93. The number of benzene rings is 1. The van der Waals surface area contributed by atoms with E-state index >= 15 is 0 Å². The zero-order valence-corrected chi connectivity index (χ0v) is 14.8. The van der Waals surface area contributed by atoms with Crippen LogP contribution in [0.3, 0.4) is 0 Å². The molecule has 9 heteroatoms. The van der Waals surface area contributed by atoms with E-state index in [0.717, 1.165) is 29.6 Å². The summed E-state index contributed by atoms with van der Waals surface area (Å²) in [6, 6.07) is 9.06. The van der Waals surface area contributed by atoms with Crippen LogP contribution in [0.4, 0.5) is 13.2 Å². The van der Waals surface area contributed by atoms with Gasteiger partial charge >= 0.3 is 6.18 Å². The lowest BCUT2D eigenvalue weighted by atomic mass is 10.2. The summed E-state index contributed by atoms with van der Waals surface area (Å²) in [5.74, 6) is 0.645. The Bertz CT molecular complexity index is 936. The number of rotatable bonds is 6. The molecule has 0 unspecified atom stereocenters. The second-order valence-electron chi connectivity index (χ2n) is 5.81. The molecule has 6 nitrogen and oxygen atoms in total. The van der Waals surface area contributed by atoms with Gasteiger partial charge < -0.3 is 14.5 Å². The van der Waals surface area contributed by atoms with Gasteiger partial charge in [-0.2, -0.15) is 13.2 Å². The number of nitrogens with zero attached hydrogens (tertiary/aromatic N) is 2. The van der Waals surface area contributed by atoms with E-state index in [9.17, 15) is 18.0 Å². The molecule has 1 amide bonds. The minimum absolute atomic E-state index is 0.0482. The van der Waals surface area contributed by atoms with Gasteiger partial charge in [0.05, 0.1) is 18.4 Å². The molecule has 1 N–H and O–H groups in total. The van der Waals surface area contributed by atoms with E-state index in [1.165, 1.54) is 6.26 Å². The van der Waals surface area contributed by atoms with Gasteiger partial charge in [0.2, 0.25) is 5.89 Å². The second-order valence-corrected chi connectivity index (χ2v) is 5.81. The number of carbonyl (C=O) groups is 1. The van der Waals surface area contributed by atoms with E-state index in [0.29, 0.717) is 18.0 Å². The predicted octanol–water partition coefficient (Wildman–Crippen LogP) is 3.74. The normalized spacial score (nSPS) is 11.3. The van der Waals surface area contributed by atoms with E-state index in [-0.39, 0.29) is 12.1 Å². The third kappa shape index (κ3) is 4.67. The standard InChI is InChI=1S/C19H16F3N3O3/c1-27-15-5-2-12(3-6-15)18-25-14(11-28-18)8-9-23-17(26)13-4-7-16(24-10-13)19(20,21)22/h2-7,10-11H,8-9H2,1H3,(H,23,26). The van der Waals surface area contributed by atoms with Crippen LogP contribution in [0.1, 0.15) is 21.7 Å². The largest absolute Gasteiger partial charge is 0.497 e. The van der Waals surface area contributed by atoms with Crippen LogP contribution < -0.4 is 10.1 Å². The van der Waals surface area contributed by atoms with Crippen molar-refractivity contribution in [1.82, 2.24) is 15.3 Å². The van der Waals surface area contributed by atoms with Crippen LogP contribution in [-0.2, 0) is 12.6 Å². The van der Waals surface area contributed by atoms with E-state index in [1.807, 2.05) is 12.1 Å². The summed E-state index contributed by atoms with van der Waals surface area (Å²) in [5, 5.41) is 2.61. The molecule has 146 valence electrons. The van der Waals surface area contributed by atoms with Gasteiger partial charge in [0.1, 0.15) is 17.7 Å². The molecule has 0 radical (unpaired) electrons. The van der Waals surface area contributed by atoms with Gasteiger partial charge in [-0.05, 0) is 36.4 Å². The summed E-state index contributed by atoms with van der Waals surface area (Å²) >= 11 is 0. The molecule has 0 fully saturated rings. The molecule has 1 aromatic carbocycles. The Hall–Kier alpha value is -3.36. The Morgan fingerprint density at radius 3 is 2.54 bits per heavy atom. The summed E-state index contributed by atoms with van der Waals surface area (Å²) in [6.45, 7) is 0.244. The number of hydrogen-bond donors (Lipinski definition) is 1. The van der Waals surface area contributed by atoms with Crippen molar-refractivity contribution in [3.63, 3.8) is 0 Å². The van der Waals surface area contributed by atoms with Crippen LogP contribution in [0.15, 0.2) is 53.3 Å². The smallest absolute Gasteiger partial charge is 0.433 e. The molecule has 3 rings (SSSR count). The highest BCUT2D eigenvalue weighted by atomic mass is 19.4. The molecule has 2 heterocycles. The maximum Gasteiger partial charge on any atom is 0.433 e. The lowest BCUT2D eigenvalue weighted by Crippen LogP contribution is -2.26. The van der Waals surface area contributed by atoms with Crippen molar-refractivity contribution in [3.8, 4) is 17.2 Å². The van der Waals surface area contributed by atoms with Gasteiger partial charge in [-0.1, -0.05) is 0 Å². The molecule has 0 atom stereocenters. The minimum atomic E-state index is -4.54. The SMILES string of the molecule is COc1ccc(-c2nc(CCNC(=O)c3ccc(C(F)(F)F)nc3)co2)cc1. The van der Waals surface area contributed by atoms with E-state index < -0.39 is 17.8 Å². The fraction of sp³-hybridized carbons (Fsp3) is 0.211. The Labute approximate surface area is 158 Å². The van der Waals surface area contributed by atoms with E-state index in [1.54, 1.807) is 19.2 Å². The van der Waals surface area contributed by atoms with Crippen LogP contribution in [0.5, 0.6) is 5.75 Å². The van der Waals surface area contributed by atoms with Crippen molar-refractivity contribution < 1.29 is 27.1 Å². The van der Waals surface area contributed by atoms with Crippen LogP contribution >= 0.6 is 0 Å².